The first-order chi connectivity index (χ1) is 6.47. The fourth-order valence-electron chi connectivity index (χ4n) is 1.32. The summed E-state index contributed by atoms with van der Waals surface area (Å²) in [5.74, 6) is 0. The van der Waals surface area contributed by atoms with E-state index in [0.717, 1.165) is 16.4 Å². The van der Waals surface area contributed by atoms with Gasteiger partial charge in [-0.3, -0.25) is 0 Å². The van der Waals surface area contributed by atoms with Gasteiger partial charge in [-0.05, 0) is 12.1 Å². The maximum Gasteiger partial charge on any atom is 0.138 e. The Hall–Kier alpha value is -1.02. The summed E-state index contributed by atoms with van der Waals surface area (Å²) in [6.07, 6.45) is 3.98. The molecule has 0 unspecified atom stereocenters. The third kappa shape index (κ3) is 1.62. The highest BCUT2D eigenvalue weighted by Gasteiger charge is 2.17. The summed E-state index contributed by atoms with van der Waals surface area (Å²) >= 11 is 5.89. The van der Waals surface area contributed by atoms with Crippen molar-refractivity contribution in [1.82, 2.24) is 9.38 Å². The van der Waals surface area contributed by atoms with Gasteiger partial charge in [-0.1, -0.05) is 32.4 Å². The van der Waals surface area contributed by atoms with E-state index in [-0.39, 0.29) is 5.41 Å². The Morgan fingerprint density at radius 3 is 2.71 bits per heavy atom. The molecular formula is C11H13ClN2. The Labute approximate surface area is 88.5 Å². The molecule has 0 atom stereocenters. The summed E-state index contributed by atoms with van der Waals surface area (Å²) in [7, 11) is 0. The highest BCUT2D eigenvalue weighted by Crippen LogP contribution is 2.22. The Kier molecular flexibility index (Phi) is 2.04. The predicted octanol–water partition coefficient (Wildman–Crippen LogP) is 3.29. The summed E-state index contributed by atoms with van der Waals surface area (Å²) in [6, 6.07) is 3.74. The number of rotatable bonds is 0. The largest absolute Gasteiger partial charge is 0.307 e. The molecule has 0 radical (unpaired) electrons. The van der Waals surface area contributed by atoms with Crippen LogP contribution >= 0.6 is 11.6 Å². The van der Waals surface area contributed by atoms with Crippen molar-refractivity contribution in [2.75, 3.05) is 0 Å². The molecule has 74 valence electrons. The van der Waals surface area contributed by atoms with Crippen molar-refractivity contribution in [3.8, 4) is 0 Å². The van der Waals surface area contributed by atoms with Crippen molar-refractivity contribution >= 4 is 17.2 Å². The molecule has 0 spiro atoms. The predicted molar refractivity (Wildman–Crippen MR) is 58.9 cm³/mol. The topological polar surface area (TPSA) is 17.3 Å². The van der Waals surface area contributed by atoms with Crippen LogP contribution in [0.4, 0.5) is 0 Å². The van der Waals surface area contributed by atoms with Crippen LogP contribution in [0.1, 0.15) is 26.5 Å². The standard InChI is InChI=1S/C11H13ClN2/c1-11(2,3)9-7-14-5-4-8(12)6-10(14)13-9/h4-7H,1-3H3. The number of nitrogens with zero attached hydrogens (tertiary/aromatic N) is 2. The molecule has 0 saturated carbocycles. The number of pyridine rings is 1. The third-order valence-corrected chi connectivity index (χ3v) is 2.43. The van der Waals surface area contributed by atoms with Crippen LogP contribution in [0.15, 0.2) is 24.5 Å². The minimum absolute atomic E-state index is 0.0818. The normalized spacial score (nSPS) is 12.3. The average Bonchev–Trinajstić information content (AvgIpc) is 2.45. The zero-order chi connectivity index (χ0) is 10.3. The Balaban J connectivity index is 2.63. The Morgan fingerprint density at radius 2 is 2.07 bits per heavy atom. The SMILES string of the molecule is CC(C)(C)c1cn2ccc(Cl)cc2n1. The zero-order valence-electron chi connectivity index (χ0n) is 8.58. The van der Waals surface area contributed by atoms with Crippen LogP contribution < -0.4 is 0 Å². The number of hydrogen-bond acceptors (Lipinski definition) is 1. The molecule has 0 bridgehead atoms. The van der Waals surface area contributed by atoms with Crippen LogP contribution in [0, 0.1) is 0 Å². The molecule has 0 fully saturated rings. The van der Waals surface area contributed by atoms with Crippen LogP contribution in [0.2, 0.25) is 5.02 Å². The first kappa shape index (κ1) is 9.53. The van der Waals surface area contributed by atoms with Crippen LogP contribution in [-0.4, -0.2) is 9.38 Å². The first-order valence-electron chi connectivity index (χ1n) is 4.61. The molecule has 0 amide bonds. The van der Waals surface area contributed by atoms with E-state index >= 15 is 0 Å². The molecule has 0 aliphatic heterocycles. The lowest BCUT2D eigenvalue weighted by atomic mass is 9.93. The lowest BCUT2D eigenvalue weighted by Gasteiger charge is -2.13. The molecule has 0 saturated heterocycles. The summed E-state index contributed by atoms with van der Waals surface area (Å²) in [4.78, 5) is 4.52. The average molecular weight is 209 g/mol. The molecule has 0 aromatic carbocycles. The van der Waals surface area contributed by atoms with Crippen molar-refractivity contribution < 1.29 is 0 Å². The number of fused-ring (bicyclic) bond motifs is 1. The van der Waals surface area contributed by atoms with Gasteiger partial charge in [0.2, 0.25) is 0 Å². The van der Waals surface area contributed by atoms with Gasteiger partial charge in [0.1, 0.15) is 5.65 Å². The molecular weight excluding hydrogens is 196 g/mol. The molecule has 0 aliphatic carbocycles. The quantitative estimate of drug-likeness (QED) is 0.650. The van der Waals surface area contributed by atoms with E-state index in [1.807, 2.05) is 28.9 Å². The van der Waals surface area contributed by atoms with Gasteiger partial charge in [-0.25, -0.2) is 4.98 Å². The number of halogens is 1. The molecule has 2 aromatic rings. The van der Waals surface area contributed by atoms with Gasteiger partial charge in [0.15, 0.2) is 0 Å². The second-order valence-corrected chi connectivity index (χ2v) is 4.92. The molecule has 2 heterocycles. The monoisotopic (exact) mass is 208 g/mol. The summed E-state index contributed by atoms with van der Waals surface area (Å²) in [6.45, 7) is 6.45. The van der Waals surface area contributed by atoms with Crippen molar-refractivity contribution in [3.05, 3.63) is 35.2 Å². The number of imidazole rings is 1. The minimum Gasteiger partial charge on any atom is -0.307 e. The highest BCUT2D eigenvalue weighted by molar-refractivity contribution is 6.30. The molecule has 3 heteroatoms. The van der Waals surface area contributed by atoms with E-state index in [9.17, 15) is 0 Å². The molecule has 2 aromatic heterocycles. The fraction of sp³-hybridized carbons (Fsp3) is 0.364. The second-order valence-electron chi connectivity index (χ2n) is 4.49. The van der Waals surface area contributed by atoms with E-state index in [1.165, 1.54) is 0 Å². The van der Waals surface area contributed by atoms with Gasteiger partial charge < -0.3 is 4.40 Å². The lowest BCUT2D eigenvalue weighted by Crippen LogP contribution is -2.11. The maximum absolute atomic E-state index is 5.89. The van der Waals surface area contributed by atoms with E-state index in [1.54, 1.807) is 0 Å². The van der Waals surface area contributed by atoms with Gasteiger partial charge in [0.05, 0.1) is 5.69 Å². The van der Waals surface area contributed by atoms with E-state index in [0.29, 0.717) is 0 Å². The van der Waals surface area contributed by atoms with Gasteiger partial charge in [0, 0.05) is 22.8 Å². The highest BCUT2D eigenvalue weighted by atomic mass is 35.5. The fourth-order valence-corrected chi connectivity index (χ4v) is 1.47. The van der Waals surface area contributed by atoms with Gasteiger partial charge in [-0.15, -0.1) is 0 Å². The van der Waals surface area contributed by atoms with E-state index in [2.05, 4.69) is 25.8 Å². The van der Waals surface area contributed by atoms with Gasteiger partial charge in [-0.2, -0.15) is 0 Å². The van der Waals surface area contributed by atoms with Crippen LogP contribution in [-0.2, 0) is 5.41 Å². The molecule has 0 aliphatic rings. The van der Waals surface area contributed by atoms with Gasteiger partial charge >= 0.3 is 0 Å². The summed E-state index contributed by atoms with van der Waals surface area (Å²) in [5, 5.41) is 0.726. The summed E-state index contributed by atoms with van der Waals surface area (Å²) < 4.78 is 1.99. The Bertz CT molecular complexity index is 466. The third-order valence-electron chi connectivity index (χ3n) is 2.19. The lowest BCUT2D eigenvalue weighted by molar-refractivity contribution is 0.573. The first-order valence-corrected chi connectivity index (χ1v) is 4.99. The van der Waals surface area contributed by atoms with E-state index < -0.39 is 0 Å². The molecule has 0 N–H and O–H groups in total. The molecule has 2 nitrogen and oxygen atoms in total. The molecule has 2 rings (SSSR count). The Morgan fingerprint density at radius 1 is 1.36 bits per heavy atom. The van der Waals surface area contributed by atoms with Crippen LogP contribution in [0.25, 0.3) is 5.65 Å². The zero-order valence-corrected chi connectivity index (χ0v) is 9.34. The smallest absolute Gasteiger partial charge is 0.138 e. The number of aromatic nitrogens is 2. The van der Waals surface area contributed by atoms with Crippen LogP contribution in [0.3, 0.4) is 0 Å². The minimum atomic E-state index is 0.0818. The van der Waals surface area contributed by atoms with Crippen molar-refractivity contribution in [2.24, 2.45) is 0 Å². The van der Waals surface area contributed by atoms with Crippen molar-refractivity contribution in [1.29, 1.82) is 0 Å². The van der Waals surface area contributed by atoms with E-state index in [4.69, 9.17) is 11.6 Å². The van der Waals surface area contributed by atoms with Crippen LogP contribution in [0.5, 0.6) is 0 Å². The molecule has 14 heavy (non-hydrogen) atoms. The van der Waals surface area contributed by atoms with Crippen molar-refractivity contribution in [2.45, 2.75) is 26.2 Å². The summed E-state index contributed by atoms with van der Waals surface area (Å²) in [5.41, 5.74) is 2.07. The van der Waals surface area contributed by atoms with Crippen molar-refractivity contribution in [3.63, 3.8) is 0 Å². The number of hydrogen-bond donors (Lipinski definition) is 0. The van der Waals surface area contributed by atoms with Gasteiger partial charge in [0.25, 0.3) is 0 Å². The maximum atomic E-state index is 5.89. The second kappa shape index (κ2) is 2.99.